The Morgan fingerprint density at radius 3 is 2.32 bits per heavy atom. The number of ether oxygens (including phenoxy) is 1. The number of Topliss-reactive ketones (excluding diaryl/α,β-unsaturated/α-hetero) is 1. The molecule has 25 heavy (non-hydrogen) atoms. The van der Waals surface area contributed by atoms with Crippen molar-refractivity contribution in [2.75, 3.05) is 25.2 Å². The number of carbonyl (C=O) groups excluding carboxylic acids is 2. The Hall–Kier alpha value is -2.56. The highest BCUT2D eigenvalue weighted by Gasteiger charge is 2.19. The summed E-state index contributed by atoms with van der Waals surface area (Å²) in [6.07, 6.45) is 5.88. The van der Waals surface area contributed by atoms with E-state index in [1.165, 1.54) is 13.5 Å². The van der Waals surface area contributed by atoms with E-state index in [2.05, 4.69) is 9.69 Å². The van der Waals surface area contributed by atoms with Gasteiger partial charge in [0.15, 0.2) is 5.78 Å². The SMILES string of the molecule is CCC(=O)c1ccc(-c2cc(C(=O)OC)cn2N2CCCCC2)cc1. The maximum atomic E-state index is 12.0. The number of piperidine rings is 1. The summed E-state index contributed by atoms with van der Waals surface area (Å²) in [7, 11) is 1.39. The molecule has 1 saturated heterocycles. The molecule has 0 spiro atoms. The van der Waals surface area contributed by atoms with Gasteiger partial charge in [-0.1, -0.05) is 31.2 Å². The van der Waals surface area contributed by atoms with Crippen LogP contribution in [-0.2, 0) is 4.74 Å². The van der Waals surface area contributed by atoms with Crippen molar-refractivity contribution >= 4 is 11.8 Å². The van der Waals surface area contributed by atoms with E-state index in [-0.39, 0.29) is 11.8 Å². The standard InChI is InChI=1S/C20H24N2O3/c1-3-19(23)16-9-7-15(8-10-16)18-13-17(20(24)25-2)14-22(18)21-11-5-4-6-12-21/h7-10,13-14H,3-6,11-12H2,1-2H3. The summed E-state index contributed by atoms with van der Waals surface area (Å²) >= 11 is 0. The molecule has 0 unspecified atom stereocenters. The highest BCUT2D eigenvalue weighted by atomic mass is 16.5. The third-order valence-electron chi connectivity index (χ3n) is 4.68. The van der Waals surface area contributed by atoms with Gasteiger partial charge < -0.3 is 9.75 Å². The van der Waals surface area contributed by atoms with E-state index in [9.17, 15) is 9.59 Å². The van der Waals surface area contributed by atoms with E-state index >= 15 is 0 Å². The molecule has 1 aromatic carbocycles. The van der Waals surface area contributed by atoms with E-state index < -0.39 is 0 Å². The number of nitrogens with zero attached hydrogens (tertiary/aromatic N) is 2. The van der Waals surface area contributed by atoms with Gasteiger partial charge in [0.2, 0.25) is 0 Å². The number of hydrogen-bond acceptors (Lipinski definition) is 4. The van der Waals surface area contributed by atoms with E-state index in [4.69, 9.17) is 4.74 Å². The Morgan fingerprint density at radius 1 is 1.04 bits per heavy atom. The topological polar surface area (TPSA) is 51.5 Å². The largest absolute Gasteiger partial charge is 0.465 e. The van der Waals surface area contributed by atoms with Crippen LogP contribution in [0.4, 0.5) is 0 Å². The second-order valence-corrected chi connectivity index (χ2v) is 6.32. The van der Waals surface area contributed by atoms with Crippen molar-refractivity contribution < 1.29 is 14.3 Å². The average molecular weight is 340 g/mol. The molecule has 1 aliphatic heterocycles. The second-order valence-electron chi connectivity index (χ2n) is 6.32. The fraction of sp³-hybridized carbons (Fsp3) is 0.400. The summed E-state index contributed by atoms with van der Waals surface area (Å²) in [6, 6.07) is 9.45. The van der Waals surface area contributed by atoms with E-state index in [0.717, 1.165) is 42.8 Å². The minimum atomic E-state index is -0.338. The minimum Gasteiger partial charge on any atom is -0.465 e. The van der Waals surface area contributed by atoms with E-state index in [1.807, 2.05) is 43.5 Å². The van der Waals surface area contributed by atoms with Gasteiger partial charge in [0.1, 0.15) is 0 Å². The van der Waals surface area contributed by atoms with Gasteiger partial charge in [0.05, 0.1) is 18.4 Å². The van der Waals surface area contributed by atoms with Gasteiger partial charge in [0.25, 0.3) is 0 Å². The minimum absolute atomic E-state index is 0.133. The molecule has 0 bridgehead atoms. The molecule has 5 heteroatoms. The van der Waals surface area contributed by atoms with Crippen LogP contribution in [0.1, 0.15) is 53.3 Å². The highest BCUT2D eigenvalue weighted by molar-refractivity contribution is 5.96. The van der Waals surface area contributed by atoms with Crippen molar-refractivity contribution in [1.29, 1.82) is 0 Å². The second kappa shape index (κ2) is 7.55. The maximum Gasteiger partial charge on any atom is 0.339 e. The molecule has 1 fully saturated rings. The van der Waals surface area contributed by atoms with Crippen molar-refractivity contribution in [2.24, 2.45) is 0 Å². The van der Waals surface area contributed by atoms with Crippen LogP contribution in [0.5, 0.6) is 0 Å². The molecule has 132 valence electrons. The van der Waals surface area contributed by atoms with Gasteiger partial charge in [-0.2, -0.15) is 0 Å². The summed E-state index contributed by atoms with van der Waals surface area (Å²) in [4.78, 5) is 23.8. The van der Waals surface area contributed by atoms with Crippen LogP contribution < -0.4 is 5.01 Å². The van der Waals surface area contributed by atoms with Gasteiger partial charge in [-0.05, 0) is 25.3 Å². The van der Waals surface area contributed by atoms with Crippen molar-refractivity contribution in [3.05, 3.63) is 47.7 Å². The zero-order valence-corrected chi connectivity index (χ0v) is 14.8. The first-order valence-corrected chi connectivity index (χ1v) is 8.83. The van der Waals surface area contributed by atoms with Crippen molar-refractivity contribution in [3.63, 3.8) is 0 Å². The fourth-order valence-corrected chi connectivity index (χ4v) is 3.25. The van der Waals surface area contributed by atoms with Gasteiger partial charge >= 0.3 is 5.97 Å². The number of aromatic nitrogens is 1. The number of carbonyl (C=O) groups is 2. The number of methoxy groups -OCH3 is 1. The van der Waals surface area contributed by atoms with Crippen molar-refractivity contribution in [2.45, 2.75) is 32.6 Å². The molecule has 1 aliphatic rings. The molecular weight excluding hydrogens is 316 g/mol. The number of hydrogen-bond donors (Lipinski definition) is 0. The van der Waals surface area contributed by atoms with Gasteiger partial charge in [-0.3, -0.25) is 9.47 Å². The van der Waals surface area contributed by atoms with Crippen LogP contribution in [0.25, 0.3) is 11.3 Å². The van der Waals surface area contributed by atoms with Crippen molar-refractivity contribution in [1.82, 2.24) is 4.68 Å². The molecule has 2 heterocycles. The monoisotopic (exact) mass is 340 g/mol. The molecule has 0 amide bonds. The zero-order chi connectivity index (χ0) is 17.8. The zero-order valence-electron chi connectivity index (χ0n) is 14.8. The Morgan fingerprint density at radius 2 is 1.72 bits per heavy atom. The molecule has 1 aromatic heterocycles. The third-order valence-corrected chi connectivity index (χ3v) is 4.68. The first kappa shape index (κ1) is 17.3. The van der Waals surface area contributed by atoms with Crippen LogP contribution in [0, 0.1) is 0 Å². The Balaban J connectivity index is 1.99. The number of rotatable bonds is 5. The summed E-state index contributed by atoms with van der Waals surface area (Å²) in [5.74, 6) is -0.206. The average Bonchev–Trinajstić information content (AvgIpc) is 3.13. The quantitative estimate of drug-likeness (QED) is 0.616. The predicted molar refractivity (Wildman–Crippen MR) is 97.6 cm³/mol. The molecule has 0 atom stereocenters. The molecule has 0 saturated carbocycles. The third kappa shape index (κ3) is 3.60. The number of esters is 1. The van der Waals surface area contributed by atoms with Crippen LogP contribution in [0.2, 0.25) is 0 Å². The molecule has 0 radical (unpaired) electrons. The summed E-state index contributed by atoms with van der Waals surface area (Å²) in [5, 5.41) is 2.26. The molecular formula is C20H24N2O3. The first-order chi connectivity index (χ1) is 12.1. The van der Waals surface area contributed by atoms with Crippen molar-refractivity contribution in [3.8, 4) is 11.3 Å². The Labute approximate surface area is 148 Å². The number of benzene rings is 1. The molecule has 3 rings (SSSR count). The van der Waals surface area contributed by atoms with Gasteiger partial charge in [0, 0.05) is 36.8 Å². The lowest BCUT2D eigenvalue weighted by Crippen LogP contribution is -2.39. The molecule has 0 N–H and O–H groups in total. The number of ketones is 1. The predicted octanol–water partition coefficient (Wildman–Crippen LogP) is 3.66. The summed E-state index contributed by atoms with van der Waals surface area (Å²) in [5.41, 5.74) is 3.18. The van der Waals surface area contributed by atoms with E-state index in [0.29, 0.717) is 12.0 Å². The van der Waals surface area contributed by atoms with Gasteiger partial charge in [-0.15, -0.1) is 0 Å². The van der Waals surface area contributed by atoms with E-state index in [1.54, 1.807) is 0 Å². The smallest absolute Gasteiger partial charge is 0.339 e. The normalized spacial score (nSPS) is 14.4. The van der Waals surface area contributed by atoms with Crippen LogP contribution in [0.3, 0.4) is 0 Å². The lowest BCUT2D eigenvalue weighted by molar-refractivity contribution is 0.0600. The molecule has 2 aromatic rings. The Kier molecular flexibility index (Phi) is 5.22. The Bertz CT molecular complexity index is 756. The first-order valence-electron chi connectivity index (χ1n) is 8.83. The fourth-order valence-electron chi connectivity index (χ4n) is 3.25. The molecule has 0 aliphatic carbocycles. The van der Waals surface area contributed by atoms with Crippen LogP contribution in [-0.4, -0.2) is 36.6 Å². The van der Waals surface area contributed by atoms with Gasteiger partial charge in [-0.25, -0.2) is 4.79 Å². The lowest BCUT2D eigenvalue weighted by Gasteiger charge is -2.31. The summed E-state index contributed by atoms with van der Waals surface area (Å²) < 4.78 is 6.94. The highest BCUT2D eigenvalue weighted by Crippen LogP contribution is 2.25. The lowest BCUT2D eigenvalue weighted by atomic mass is 10.0. The molecule has 5 nitrogen and oxygen atoms in total. The summed E-state index contributed by atoms with van der Waals surface area (Å²) in [6.45, 7) is 3.80. The maximum absolute atomic E-state index is 12.0. The van der Waals surface area contributed by atoms with Crippen LogP contribution >= 0.6 is 0 Å². The van der Waals surface area contributed by atoms with Crippen LogP contribution in [0.15, 0.2) is 36.5 Å².